The van der Waals surface area contributed by atoms with Gasteiger partial charge >= 0.3 is 0 Å². The van der Waals surface area contributed by atoms with Gasteiger partial charge in [-0.3, -0.25) is 4.79 Å². The molecule has 0 amide bonds. The first-order valence-corrected chi connectivity index (χ1v) is 11.2. The average Bonchev–Trinajstić information content (AvgIpc) is 2.75. The molecule has 0 radical (unpaired) electrons. The summed E-state index contributed by atoms with van der Waals surface area (Å²) in [5.74, 6) is 2.64. The molecule has 3 aromatic rings. The van der Waals surface area contributed by atoms with Gasteiger partial charge in [-0.15, -0.1) is 0 Å². The van der Waals surface area contributed by atoms with Crippen molar-refractivity contribution in [3.63, 3.8) is 0 Å². The zero-order valence-electron chi connectivity index (χ0n) is 16.4. The summed E-state index contributed by atoms with van der Waals surface area (Å²) in [5.41, 5.74) is 1.05. The van der Waals surface area contributed by atoms with Crippen molar-refractivity contribution in [2.75, 3.05) is 26.6 Å². The second-order valence-corrected chi connectivity index (χ2v) is 8.53. The van der Waals surface area contributed by atoms with Gasteiger partial charge in [-0.1, -0.05) is 45.4 Å². The highest BCUT2D eigenvalue weighted by atomic mass is 79.9. The number of ether oxygens (including phenoxy) is 3. The van der Waals surface area contributed by atoms with Crippen LogP contribution in [0, 0.1) is 0 Å². The number of benzene rings is 2. The molecule has 0 aliphatic rings. The Hall–Kier alpha value is -2.16. The van der Waals surface area contributed by atoms with E-state index in [1.54, 1.807) is 14.2 Å². The maximum absolute atomic E-state index is 12.2. The fraction of sp³-hybridized carbons (Fsp3) is 0.238. The number of hydrogen-bond acceptors (Lipinski definition) is 6. The van der Waals surface area contributed by atoms with E-state index in [2.05, 4.69) is 25.9 Å². The van der Waals surface area contributed by atoms with Crippen LogP contribution in [0.5, 0.6) is 17.2 Å². The van der Waals surface area contributed by atoms with Crippen molar-refractivity contribution >= 4 is 39.3 Å². The maximum atomic E-state index is 12.2. The van der Waals surface area contributed by atoms with E-state index in [0.717, 1.165) is 15.8 Å². The monoisotopic (exact) mass is 510 g/mol. The Morgan fingerprint density at radius 3 is 2.53 bits per heavy atom. The van der Waals surface area contributed by atoms with Crippen LogP contribution in [0.25, 0.3) is 0 Å². The van der Waals surface area contributed by atoms with Gasteiger partial charge in [0.2, 0.25) is 0 Å². The minimum atomic E-state index is -0.363. The summed E-state index contributed by atoms with van der Waals surface area (Å²) in [6, 6.07) is 13.2. The van der Waals surface area contributed by atoms with Gasteiger partial charge in [-0.05, 0) is 42.0 Å². The maximum Gasteiger partial charge on any atom is 0.270 e. The Kier molecular flexibility index (Phi) is 8.07. The number of nitrogens with one attached hydrogen (secondary N) is 1. The van der Waals surface area contributed by atoms with Gasteiger partial charge in [-0.25, -0.2) is 4.98 Å². The highest BCUT2D eigenvalue weighted by molar-refractivity contribution is 9.10. The molecular weight excluding hydrogens is 492 g/mol. The highest BCUT2D eigenvalue weighted by Crippen LogP contribution is 2.29. The zero-order chi connectivity index (χ0) is 21.5. The summed E-state index contributed by atoms with van der Waals surface area (Å²) in [5, 5.41) is 0.583. The predicted molar refractivity (Wildman–Crippen MR) is 123 cm³/mol. The van der Waals surface area contributed by atoms with E-state index >= 15 is 0 Å². The Morgan fingerprint density at radius 2 is 1.83 bits per heavy atom. The van der Waals surface area contributed by atoms with Crippen LogP contribution in [0.2, 0.25) is 5.02 Å². The lowest BCUT2D eigenvalue weighted by atomic mass is 10.1. The number of rotatable bonds is 9. The largest absolute Gasteiger partial charge is 0.493 e. The first-order chi connectivity index (χ1) is 14.5. The van der Waals surface area contributed by atoms with E-state index < -0.39 is 0 Å². The van der Waals surface area contributed by atoms with E-state index in [1.165, 1.54) is 11.8 Å². The van der Waals surface area contributed by atoms with Crippen LogP contribution in [-0.2, 0) is 6.42 Å². The third-order valence-electron chi connectivity index (χ3n) is 4.13. The standard InChI is InChI=1S/C21H20BrClN2O4S/c1-27-17-8-3-13(12-18(17)28-2)11-16-19(23)20(26)25-21(24-16)30-10-9-29-15-6-4-14(22)5-7-15/h3-8,12H,9-11H2,1-2H3,(H,24,25,26). The Bertz CT molecular complexity index is 1060. The molecule has 0 saturated carbocycles. The molecule has 0 saturated heterocycles. The molecule has 0 bridgehead atoms. The van der Waals surface area contributed by atoms with Crippen LogP contribution >= 0.6 is 39.3 Å². The van der Waals surface area contributed by atoms with Crippen LogP contribution in [0.4, 0.5) is 0 Å². The summed E-state index contributed by atoms with van der Waals surface area (Å²) < 4.78 is 17.3. The van der Waals surface area contributed by atoms with Crippen molar-refractivity contribution in [1.82, 2.24) is 9.97 Å². The van der Waals surface area contributed by atoms with Crippen LogP contribution < -0.4 is 19.8 Å². The summed E-state index contributed by atoms with van der Waals surface area (Å²) in [6.07, 6.45) is 0.395. The molecule has 1 heterocycles. The van der Waals surface area contributed by atoms with Crippen molar-refractivity contribution in [2.45, 2.75) is 11.6 Å². The quantitative estimate of drug-likeness (QED) is 0.249. The minimum absolute atomic E-state index is 0.0836. The van der Waals surface area contributed by atoms with Crippen molar-refractivity contribution in [1.29, 1.82) is 0 Å². The molecule has 6 nitrogen and oxygen atoms in total. The normalized spacial score (nSPS) is 10.7. The lowest BCUT2D eigenvalue weighted by Gasteiger charge is -2.11. The molecule has 0 fully saturated rings. The number of aromatic nitrogens is 2. The highest BCUT2D eigenvalue weighted by Gasteiger charge is 2.13. The topological polar surface area (TPSA) is 73.4 Å². The van der Waals surface area contributed by atoms with Gasteiger partial charge in [0, 0.05) is 16.6 Å². The second-order valence-electron chi connectivity index (χ2n) is 6.15. The van der Waals surface area contributed by atoms with Crippen molar-refractivity contribution < 1.29 is 14.2 Å². The fourth-order valence-electron chi connectivity index (χ4n) is 2.68. The number of hydrogen-bond donors (Lipinski definition) is 1. The molecule has 1 aromatic heterocycles. The van der Waals surface area contributed by atoms with Crippen LogP contribution in [-0.4, -0.2) is 36.5 Å². The van der Waals surface area contributed by atoms with Gasteiger partial charge in [0.25, 0.3) is 5.56 Å². The third-order valence-corrected chi connectivity index (χ3v) is 5.89. The van der Waals surface area contributed by atoms with Crippen LogP contribution in [0.3, 0.4) is 0 Å². The summed E-state index contributed by atoms with van der Waals surface area (Å²) >= 11 is 11.0. The molecule has 0 spiro atoms. The number of thioether (sulfide) groups is 1. The van der Waals surface area contributed by atoms with Gasteiger partial charge in [0.1, 0.15) is 10.8 Å². The number of halogens is 2. The second kappa shape index (κ2) is 10.7. The van der Waals surface area contributed by atoms with Gasteiger partial charge < -0.3 is 19.2 Å². The molecule has 30 heavy (non-hydrogen) atoms. The van der Waals surface area contributed by atoms with Crippen LogP contribution in [0.1, 0.15) is 11.3 Å². The summed E-state index contributed by atoms with van der Waals surface area (Å²) in [6.45, 7) is 0.476. The molecule has 0 atom stereocenters. The van der Waals surface area contributed by atoms with Gasteiger partial charge in [0.05, 0.1) is 26.5 Å². The zero-order valence-corrected chi connectivity index (χ0v) is 19.6. The van der Waals surface area contributed by atoms with E-state index in [1.807, 2.05) is 42.5 Å². The molecule has 0 aliphatic carbocycles. The summed E-state index contributed by atoms with van der Waals surface area (Å²) in [7, 11) is 3.15. The first kappa shape index (κ1) is 22.5. The molecule has 2 aromatic carbocycles. The molecule has 1 N–H and O–H groups in total. The minimum Gasteiger partial charge on any atom is -0.493 e. The van der Waals surface area contributed by atoms with Gasteiger partial charge in [-0.2, -0.15) is 0 Å². The third kappa shape index (κ3) is 5.93. The smallest absolute Gasteiger partial charge is 0.270 e. The first-order valence-electron chi connectivity index (χ1n) is 9.01. The Balaban J connectivity index is 1.66. The van der Waals surface area contributed by atoms with Crippen molar-refractivity contribution in [2.24, 2.45) is 0 Å². The fourth-order valence-corrected chi connectivity index (χ4v) is 3.80. The predicted octanol–water partition coefficient (Wildman–Crippen LogP) is 4.96. The SMILES string of the molecule is COc1ccc(Cc2nc(SCCOc3ccc(Br)cc3)[nH]c(=O)c2Cl)cc1OC. The average molecular weight is 512 g/mol. The molecule has 158 valence electrons. The van der Waals surface area contributed by atoms with E-state index in [9.17, 15) is 4.79 Å². The lowest BCUT2D eigenvalue weighted by Crippen LogP contribution is -2.14. The lowest BCUT2D eigenvalue weighted by molar-refractivity contribution is 0.344. The molecule has 9 heteroatoms. The number of H-pyrrole nitrogens is 1. The van der Waals surface area contributed by atoms with Gasteiger partial charge in [0.15, 0.2) is 16.7 Å². The number of nitrogens with zero attached hydrogens (tertiary/aromatic N) is 1. The Labute approximate surface area is 192 Å². The summed E-state index contributed by atoms with van der Waals surface area (Å²) in [4.78, 5) is 19.5. The van der Waals surface area contributed by atoms with Crippen molar-refractivity contribution in [3.8, 4) is 17.2 Å². The molecule has 0 aliphatic heterocycles. The van der Waals surface area contributed by atoms with E-state index in [0.29, 0.717) is 41.1 Å². The molecular formula is C21H20BrClN2O4S. The van der Waals surface area contributed by atoms with Crippen molar-refractivity contribution in [3.05, 3.63) is 73.6 Å². The van der Waals surface area contributed by atoms with E-state index in [-0.39, 0.29) is 10.6 Å². The Morgan fingerprint density at radius 1 is 1.10 bits per heavy atom. The molecule has 3 rings (SSSR count). The van der Waals surface area contributed by atoms with E-state index in [4.69, 9.17) is 25.8 Å². The number of aromatic amines is 1. The molecule has 0 unspecified atom stereocenters. The number of methoxy groups -OCH3 is 2. The van der Waals surface area contributed by atoms with Crippen LogP contribution in [0.15, 0.2) is 56.9 Å².